The average molecular weight is 218 g/mol. The van der Waals surface area contributed by atoms with Gasteiger partial charge in [-0.05, 0) is 5.56 Å². The molecular formula is C9H12F2N2O2. The van der Waals surface area contributed by atoms with Crippen LogP contribution in [0, 0.1) is 0 Å². The highest BCUT2D eigenvalue weighted by atomic mass is 19.3. The number of hydrogen-bond acceptors (Lipinski definition) is 4. The molecule has 0 saturated carbocycles. The van der Waals surface area contributed by atoms with Crippen molar-refractivity contribution in [2.75, 3.05) is 14.2 Å². The van der Waals surface area contributed by atoms with Gasteiger partial charge in [-0.2, -0.15) is 4.98 Å². The van der Waals surface area contributed by atoms with Crippen molar-refractivity contribution in [2.45, 2.75) is 13.0 Å². The highest BCUT2D eigenvalue weighted by Gasteiger charge is 2.21. The van der Waals surface area contributed by atoms with E-state index in [1.54, 1.807) is 0 Å². The summed E-state index contributed by atoms with van der Waals surface area (Å²) in [5.41, 5.74) is 5.36. The molecule has 0 aliphatic carbocycles. The van der Waals surface area contributed by atoms with Gasteiger partial charge in [-0.3, -0.25) is 0 Å². The number of halogens is 2. The molecule has 0 spiro atoms. The summed E-state index contributed by atoms with van der Waals surface area (Å²) in [5, 5.41) is 0. The average Bonchev–Trinajstić information content (AvgIpc) is 2.26. The Bertz CT molecular complexity index is 320. The lowest BCUT2D eigenvalue weighted by Crippen LogP contribution is -2.07. The molecule has 4 nitrogen and oxygen atoms in total. The summed E-state index contributed by atoms with van der Waals surface area (Å²) >= 11 is 0. The Kier molecular flexibility index (Phi) is 3.79. The van der Waals surface area contributed by atoms with Gasteiger partial charge in [0, 0.05) is 12.6 Å². The maximum absolute atomic E-state index is 12.7. The minimum Gasteiger partial charge on any atom is -0.481 e. The van der Waals surface area contributed by atoms with E-state index in [2.05, 4.69) is 4.98 Å². The highest BCUT2D eigenvalue weighted by molar-refractivity contribution is 5.39. The summed E-state index contributed by atoms with van der Waals surface area (Å²) in [6, 6.07) is 1.38. The summed E-state index contributed by atoms with van der Waals surface area (Å²) in [5.74, 6) is 0.0569. The lowest BCUT2D eigenvalue weighted by molar-refractivity contribution is 0.144. The maximum atomic E-state index is 12.7. The Morgan fingerprint density at radius 2 is 2.07 bits per heavy atom. The zero-order chi connectivity index (χ0) is 11.4. The zero-order valence-corrected chi connectivity index (χ0v) is 8.46. The first-order valence-electron chi connectivity index (χ1n) is 4.24. The van der Waals surface area contributed by atoms with Crippen molar-refractivity contribution >= 4 is 0 Å². The minimum absolute atomic E-state index is 0.0189. The molecule has 6 heteroatoms. The van der Waals surface area contributed by atoms with Crippen molar-refractivity contribution in [3.8, 4) is 11.8 Å². The Labute approximate surface area is 86.0 Å². The fourth-order valence-electron chi connectivity index (χ4n) is 1.22. The summed E-state index contributed by atoms with van der Waals surface area (Å²) in [7, 11) is 2.66. The smallest absolute Gasteiger partial charge is 0.269 e. The monoisotopic (exact) mass is 218 g/mol. The van der Waals surface area contributed by atoms with Gasteiger partial charge in [0.2, 0.25) is 11.8 Å². The van der Waals surface area contributed by atoms with Crippen LogP contribution >= 0.6 is 0 Å². The fraction of sp³-hybridized carbons (Fsp3) is 0.444. The molecule has 15 heavy (non-hydrogen) atoms. The molecule has 0 aromatic carbocycles. The number of nitrogens with zero attached hydrogens (tertiary/aromatic N) is 1. The molecule has 0 saturated heterocycles. The number of hydrogen-bond donors (Lipinski definition) is 1. The zero-order valence-electron chi connectivity index (χ0n) is 8.46. The van der Waals surface area contributed by atoms with Crippen LogP contribution in [0.15, 0.2) is 6.07 Å². The van der Waals surface area contributed by atoms with Crippen molar-refractivity contribution in [3.63, 3.8) is 0 Å². The molecule has 0 bridgehead atoms. The third-order valence-corrected chi connectivity index (χ3v) is 1.93. The van der Waals surface area contributed by atoms with E-state index in [0.29, 0.717) is 0 Å². The Hall–Kier alpha value is -1.43. The van der Waals surface area contributed by atoms with E-state index in [4.69, 9.17) is 15.2 Å². The van der Waals surface area contributed by atoms with Crippen molar-refractivity contribution in [1.29, 1.82) is 0 Å². The topological polar surface area (TPSA) is 57.4 Å². The van der Waals surface area contributed by atoms with Crippen molar-refractivity contribution in [2.24, 2.45) is 5.73 Å². The van der Waals surface area contributed by atoms with Crippen LogP contribution in [0.5, 0.6) is 11.8 Å². The third-order valence-electron chi connectivity index (χ3n) is 1.93. The molecule has 0 atom stereocenters. The number of ether oxygens (including phenoxy) is 2. The van der Waals surface area contributed by atoms with Gasteiger partial charge in [0.1, 0.15) is 0 Å². The van der Waals surface area contributed by atoms with E-state index in [0.717, 1.165) is 0 Å². The number of alkyl halides is 2. The van der Waals surface area contributed by atoms with Gasteiger partial charge in [0.05, 0.1) is 19.8 Å². The van der Waals surface area contributed by atoms with E-state index in [9.17, 15) is 8.78 Å². The second-order valence-electron chi connectivity index (χ2n) is 2.75. The Morgan fingerprint density at radius 3 is 2.47 bits per heavy atom. The normalized spacial score (nSPS) is 10.5. The van der Waals surface area contributed by atoms with E-state index >= 15 is 0 Å². The number of nitrogens with two attached hydrogens (primary N) is 1. The van der Waals surface area contributed by atoms with Gasteiger partial charge in [-0.1, -0.05) is 0 Å². The van der Waals surface area contributed by atoms with Gasteiger partial charge < -0.3 is 15.2 Å². The van der Waals surface area contributed by atoms with E-state index in [1.807, 2.05) is 0 Å². The summed E-state index contributed by atoms with van der Waals surface area (Å²) < 4.78 is 35.0. The molecule has 1 rings (SSSR count). The Morgan fingerprint density at radius 1 is 1.40 bits per heavy atom. The van der Waals surface area contributed by atoms with E-state index < -0.39 is 6.43 Å². The standard InChI is InChI=1S/C9H12F2N2O2/c1-14-6-3-5(4-12)7(8(10)11)9(13-6)15-2/h3,8H,4,12H2,1-2H3. The number of aromatic nitrogens is 1. The third kappa shape index (κ3) is 2.33. The van der Waals surface area contributed by atoms with Gasteiger partial charge in [-0.15, -0.1) is 0 Å². The largest absolute Gasteiger partial charge is 0.481 e. The first-order chi connectivity index (χ1) is 7.13. The number of pyridine rings is 1. The SMILES string of the molecule is COc1cc(CN)c(C(F)F)c(OC)n1. The molecule has 1 heterocycles. The first-order valence-corrected chi connectivity index (χ1v) is 4.24. The van der Waals surface area contributed by atoms with Crippen LogP contribution in [0.2, 0.25) is 0 Å². The van der Waals surface area contributed by atoms with Crippen LogP contribution in [0.1, 0.15) is 17.6 Å². The molecule has 0 fully saturated rings. The second kappa shape index (κ2) is 4.88. The molecule has 84 valence electrons. The van der Waals surface area contributed by atoms with Crippen LogP contribution in [0.4, 0.5) is 8.78 Å². The van der Waals surface area contributed by atoms with Crippen molar-refractivity contribution in [3.05, 3.63) is 17.2 Å². The summed E-state index contributed by atoms with van der Waals surface area (Å²) in [4.78, 5) is 3.76. The maximum Gasteiger partial charge on any atom is 0.269 e. The van der Waals surface area contributed by atoms with Crippen LogP contribution < -0.4 is 15.2 Å². The summed E-state index contributed by atoms with van der Waals surface area (Å²) in [6.07, 6.45) is -2.67. The molecule has 2 N–H and O–H groups in total. The Balaban J connectivity index is 3.32. The van der Waals surface area contributed by atoms with Gasteiger partial charge in [0.15, 0.2) is 0 Å². The predicted octanol–water partition coefficient (Wildman–Crippen LogP) is 1.50. The molecular weight excluding hydrogens is 206 g/mol. The van der Waals surface area contributed by atoms with E-state index in [-0.39, 0.29) is 29.4 Å². The quantitative estimate of drug-likeness (QED) is 0.831. The van der Waals surface area contributed by atoms with Crippen LogP contribution in [0.3, 0.4) is 0 Å². The molecule has 0 aliphatic heterocycles. The van der Waals surface area contributed by atoms with Gasteiger partial charge in [-0.25, -0.2) is 8.78 Å². The lowest BCUT2D eigenvalue weighted by Gasteiger charge is -2.12. The second-order valence-corrected chi connectivity index (χ2v) is 2.75. The predicted molar refractivity (Wildman–Crippen MR) is 50.2 cm³/mol. The van der Waals surface area contributed by atoms with Gasteiger partial charge in [0.25, 0.3) is 6.43 Å². The molecule has 0 amide bonds. The van der Waals surface area contributed by atoms with Crippen LogP contribution in [-0.2, 0) is 6.54 Å². The van der Waals surface area contributed by atoms with Crippen molar-refractivity contribution in [1.82, 2.24) is 4.98 Å². The molecule has 0 unspecified atom stereocenters. The molecule has 1 aromatic heterocycles. The molecule has 0 aliphatic rings. The van der Waals surface area contributed by atoms with E-state index in [1.165, 1.54) is 20.3 Å². The minimum atomic E-state index is -2.67. The number of rotatable bonds is 4. The summed E-state index contributed by atoms with van der Waals surface area (Å²) in [6.45, 7) is -0.0189. The molecule has 1 aromatic rings. The van der Waals surface area contributed by atoms with Crippen LogP contribution in [-0.4, -0.2) is 19.2 Å². The van der Waals surface area contributed by atoms with Crippen LogP contribution in [0.25, 0.3) is 0 Å². The number of methoxy groups -OCH3 is 2. The first kappa shape index (κ1) is 11.6. The van der Waals surface area contributed by atoms with Crippen molar-refractivity contribution < 1.29 is 18.3 Å². The lowest BCUT2D eigenvalue weighted by atomic mass is 10.1. The van der Waals surface area contributed by atoms with Gasteiger partial charge >= 0.3 is 0 Å². The fourth-order valence-corrected chi connectivity index (χ4v) is 1.22. The molecule has 0 radical (unpaired) electrons. The highest BCUT2D eigenvalue weighted by Crippen LogP contribution is 2.32.